The third-order valence-electron chi connectivity index (χ3n) is 6.23. The molecule has 0 N–H and O–H groups in total. The molecule has 2 aromatic carbocycles. The number of allylic oxidation sites excluding steroid dienone is 2. The van der Waals surface area contributed by atoms with E-state index in [4.69, 9.17) is 0 Å². The van der Waals surface area contributed by atoms with E-state index in [9.17, 15) is 9.81 Å². The van der Waals surface area contributed by atoms with E-state index >= 15 is 0 Å². The van der Waals surface area contributed by atoms with E-state index in [2.05, 4.69) is 43.3 Å². The summed E-state index contributed by atoms with van der Waals surface area (Å²) in [5.74, 6) is 0.274. The van der Waals surface area contributed by atoms with Crippen molar-refractivity contribution in [3.05, 3.63) is 74.6 Å². The smallest absolute Gasteiger partial charge is 0.140 e. The molecule has 0 radical (unpaired) electrons. The highest BCUT2D eigenvalue weighted by molar-refractivity contribution is 5.96. The summed E-state index contributed by atoms with van der Waals surface area (Å²) in [5.41, 5.74) is 3.99. The molecule has 2 aromatic rings. The third kappa shape index (κ3) is 2.08. The zero-order valence-electron chi connectivity index (χ0n) is 15.5. The highest BCUT2D eigenvalue weighted by atomic mass is 16.3. The van der Waals surface area contributed by atoms with Gasteiger partial charge in [0.1, 0.15) is 11.2 Å². The van der Waals surface area contributed by atoms with E-state index in [1.54, 1.807) is 0 Å². The topological polar surface area (TPSA) is 58.9 Å². The van der Waals surface area contributed by atoms with Crippen molar-refractivity contribution in [2.45, 2.75) is 45.1 Å². The number of rotatable bonds is 2. The van der Waals surface area contributed by atoms with Crippen LogP contribution in [-0.2, 0) is 0 Å². The van der Waals surface area contributed by atoms with Gasteiger partial charge >= 0.3 is 0 Å². The van der Waals surface area contributed by atoms with E-state index in [0.29, 0.717) is 5.69 Å². The first-order chi connectivity index (χ1) is 12.4. The summed E-state index contributed by atoms with van der Waals surface area (Å²) in [7, 11) is 0. The Morgan fingerprint density at radius 1 is 1.04 bits per heavy atom. The van der Waals surface area contributed by atoms with Crippen molar-refractivity contribution in [1.82, 2.24) is 0 Å². The summed E-state index contributed by atoms with van der Waals surface area (Å²) >= 11 is 0. The normalized spacial score (nSPS) is 30.1. The SMILES string of the molecule is CC1C=CC(C)(N=O)C2=C1C(C)c1cc3ccccc3c(N=O)c1C2C. The van der Waals surface area contributed by atoms with Gasteiger partial charge in [0.2, 0.25) is 0 Å². The minimum atomic E-state index is -0.876. The number of hydrogen-bond donors (Lipinski definition) is 0. The third-order valence-corrected chi connectivity index (χ3v) is 6.23. The van der Waals surface area contributed by atoms with Gasteiger partial charge in [-0.3, -0.25) is 0 Å². The van der Waals surface area contributed by atoms with Crippen LogP contribution in [0, 0.1) is 15.7 Å². The summed E-state index contributed by atoms with van der Waals surface area (Å²) in [6, 6.07) is 10.0. The Morgan fingerprint density at radius 3 is 2.46 bits per heavy atom. The van der Waals surface area contributed by atoms with Crippen molar-refractivity contribution in [2.75, 3.05) is 0 Å². The first kappa shape index (κ1) is 16.8. The first-order valence-corrected chi connectivity index (χ1v) is 9.10. The van der Waals surface area contributed by atoms with Crippen LogP contribution in [0.5, 0.6) is 0 Å². The van der Waals surface area contributed by atoms with E-state index in [1.165, 1.54) is 5.57 Å². The fourth-order valence-electron chi connectivity index (χ4n) is 5.05. The lowest BCUT2D eigenvalue weighted by molar-refractivity contribution is 0.535. The molecule has 0 aromatic heterocycles. The molecule has 2 aliphatic rings. The Bertz CT molecular complexity index is 1000. The lowest BCUT2D eigenvalue weighted by atomic mass is 9.62. The lowest BCUT2D eigenvalue weighted by Gasteiger charge is -2.42. The fraction of sp³-hybridized carbons (Fsp3) is 0.364. The van der Waals surface area contributed by atoms with Crippen molar-refractivity contribution in [3.8, 4) is 0 Å². The van der Waals surface area contributed by atoms with Crippen molar-refractivity contribution in [2.24, 2.45) is 16.3 Å². The molecule has 0 heterocycles. The van der Waals surface area contributed by atoms with Gasteiger partial charge in [0.15, 0.2) is 0 Å². The summed E-state index contributed by atoms with van der Waals surface area (Å²) in [6.45, 7) is 8.24. The summed E-state index contributed by atoms with van der Waals surface area (Å²) in [6.07, 6.45) is 3.99. The second-order valence-electron chi connectivity index (χ2n) is 7.74. The quantitative estimate of drug-likeness (QED) is 0.461. The number of hydrogen-bond acceptors (Lipinski definition) is 4. The van der Waals surface area contributed by atoms with Crippen molar-refractivity contribution >= 4 is 16.5 Å². The second kappa shape index (κ2) is 5.70. The number of fused-ring (bicyclic) bond motifs is 2. The van der Waals surface area contributed by atoms with Gasteiger partial charge in [0.25, 0.3) is 0 Å². The van der Waals surface area contributed by atoms with Crippen molar-refractivity contribution in [1.29, 1.82) is 0 Å². The van der Waals surface area contributed by atoms with Crippen LogP contribution < -0.4 is 0 Å². The van der Waals surface area contributed by atoms with Gasteiger partial charge < -0.3 is 0 Å². The molecule has 2 aliphatic carbocycles. The molecule has 0 saturated heterocycles. The summed E-state index contributed by atoms with van der Waals surface area (Å²) in [4.78, 5) is 23.6. The molecule has 0 saturated carbocycles. The Hall–Kier alpha value is -2.62. The van der Waals surface area contributed by atoms with Gasteiger partial charge in [-0.2, -0.15) is 0 Å². The average Bonchev–Trinajstić information content (AvgIpc) is 2.66. The molecule has 0 bridgehead atoms. The molecule has 0 aliphatic heterocycles. The average molecular weight is 346 g/mol. The molecular weight excluding hydrogens is 324 g/mol. The minimum Gasteiger partial charge on any atom is -0.150 e. The van der Waals surface area contributed by atoms with Gasteiger partial charge in [-0.1, -0.05) is 74.0 Å². The van der Waals surface area contributed by atoms with Crippen LogP contribution in [0.3, 0.4) is 0 Å². The molecular formula is C22H22N2O2. The zero-order chi connectivity index (χ0) is 18.6. The molecule has 4 heteroatoms. The predicted molar refractivity (Wildman–Crippen MR) is 106 cm³/mol. The van der Waals surface area contributed by atoms with Crippen LogP contribution in [0.1, 0.15) is 50.7 Å². The van der Waals surface area contributed by atoms with Gasteiger partial charge in [0, 0.05) is 17.2 Å². The van der Waals surface area contributed by atoms with Crippen LogP contribution in [0.15, 0.2) is 64.0 Å². The maximum atomic E-state index is 11.8. The number of nitroso groups, excluding NO2 is 2. The second-order valence-corrected chi connectivity index (χ2v) is 7.74. The van der Waals surface area contributed by atoms with Gasteiger partial charge in [-0.25, -0.2) is 0 Å². The molecule has 0 spiro atoms. The van der Waals surface area contributed by atoms with Gasteiger partial charge in [-0.05, 0) is 40.1 Å². The van der Waals surface area contributed by atoms with E-state index < -0.39 is 5.54 Å². The van der Waals surface area contributed by atoms with Crippen LogP contribution in [-0.4, -0.2) is 5.54 Å². The Morgan fingerprint density at radius 2 is 1.77 bits per heavy atom. The molecule has 4 rings (SSSR count). The van der Waals surface area contributed by atoms with Crippen LogP contribution in [0.2, 0.25) is 0 Å². The van der Waals surface area contributed by atoms with Crippen LogP contribution in [0.25, 0.3) is 10.8 Å². The summed E-state index contributed by atoms with van der Waals surface area (Å²) in [5, 5.41) is 8.79. The summed E-state index contributed by atoms with van der Waals surface area (Å²) < 4.78 is 0. The molecule has 26 heavy (non-hydrogen) atoms. The Kier molecular flexibility index (Phi) is 3.69. The van der Waals surface area contributed by atoms with Crippen molar-refractivity contribution < 1.29 is 0 Å². The predicted octanol–water partition coefficient (Wildman–Crippen LogP) is 6.49. The fourth-order valence-corrected chi connectivity index (χ4v) is 5.05. The Labute approximate surface area is 152 Å². The maximum absolute atomic E-state index is 11.8. The van der Waals surface area contributed by atoms with Gasteiger partial charge in [0.05, 0.1) is 0 Å². The minimum absolute atomic E-state index is 0.0800. The highest BCUT2D eigenvalue weighted by Gasteiger charge is 2.44. The number of nitrogens with zero attached hydrogens (tertiary/aromatic N) is 2. The molecule has 4 unspecified atom stereocenters. The van der Waals surface area contributed by atoms with Gasteiger partial charge in [-0.15, -0.1) is 9.81 Å². The van der Waals surface area contributed by atoms with E-state index in [0.717, 1.165) is 27.5 Å². The van der Waals surface area contributed by atoms with Crippen LogP contribution in [0.4, 0.5) is 5.69 Å². The van der Waals surface area contributed by atoms with Crippen LogP contribution >= 0.6 is 0 Å². The Balaban J connectivity index is 2.08. The first-order valence-electron chi connectivity index (χ1n) is 9.10. The molecule has 0 fully saturated rings. The molecule has 4 nitrogen and oxygen atoms in total. The molecule has 132 valence electrons. The van der Waals surface area contributed by atoms with E-state index in [-0.39, 0.29) is 17.8 Å². The number of benzene rings is 2. The maximum Gasteiger partial charge on any atom is 0.140 e. The largest absolute Gasteiger partial charge is 0.150 e. The monoisotopic (exact) mass is 346 g/mol. The lowest BCUT2D eigenvalue weighted by Crippen LogP contribution is -2.35. The molecule has 4 atom stereocenters. The highest BCUT2D eigenvalue weighted by Crippen LogP contribution is 2.55. The van der Waals surface area contributed by atoms with E-state index in [1.807, 2.05) is 37.3 Å². The standard InChI is InChI=1S/C22H22N2O2/c1-12-9-10-22(4,24-26)20-14(3)19-17(13(2)18(12)20)11-15-7-5-6-8-16(15)21(19)23-25/h5-14H,1-4H3. The zero-order valence-corrected chi connectivity index (χ0v) is 15.5. The van der Waals surface area contributed by atoms with Crippen molar-refractivity contribution in [3.63, 3.8) is 0 Å². The molecule has 0 amide bonds.